The number of anilines is 1. The Balaban J connectivity index is 1.17. The fourth-order valence-electron chi connectivity index (χ4n) is 8.30. The second kappa shape index (κ2) is 8.60. The van der Waals surface area contributed by atoms with Gasteiger partial charge in [0.05, 0.1) is 5.69 Å². The van der Waals surface area contributed by atoms with Crippen molar-refractivity contribution in [2.45, 2.75) is 57.8 Å². The fourth-order valence-corrected chi connectivity index (χ4v) is 8.48. The van der Waals surface area contributed by atoms with Crippen LogP contribution in [-0.2, 0) is 10.2 Å². The third-order valence-electron chi connectivity index (χ3n) is 9.49. The zero-order valence-corrected chi connectivity index (χ0v) is 22.6. The van der Waals surface area contributed by atoms with Crippen LogP contribution >= 0.6 is 11.6 Å². The summed E-state index contributed by atoms with van der Waals surface area (Å²) in [5.74, 6) is 2.40. The summed E-state index contributed by atoms with van der Waals surface area (Å²) < 4.78 is 2.23. The van der Waals surface area contributed by atoms with Crippen molar-refractivity contribution in [1.29, 1.82) is 0 Å². The maximum Gasteiger partial charge on any atom is 0.333 e. The van der Waals surface area contributed by atoms with Gasteiger partial charge in [-0.05, 0) is 129 Å². The van der Waals surface area contributed by atoms with Crippen molar-refractivity contribution in [3.8, 4) is 5.69 Å². The summed E-state index contributed by atoms with van der Waals surface area (Å²) in [6, 6.07) is 17.6. The summed E-state index contributed by atoms with van der Waals surface area (Å²) in [6.07, 6.45) is 10.2. The van der Waals surface area contributed by atoms with Crippen molar-refractivity contribution in [3.05, 3.63) is 87.8 Å². The highest BCUT2D eigenvalue weighted by Crippen LogP contribution is 2.60. The number of nitrogens with one attached hydrogen (secondary N) is 1. The maximum absolute atomic E-state index is 13.1. The van der Waals surface area contributed by atoms with E-state index in [1.54, 1.807) is 30.3 Å². The molecule has 2 heterocycles. The lowest BCUT2D eigenvalue weighted by Gasteiger charge is -2.57. The Bertz CT molecular complexity index is 1460. The maximum atomic E-state index is 13.1. The monoisotopic (exact) mass is 525 g/mol. The molecule has 0 radical (unpaired) electrons. The molecule has 2 aromatic carbocycles. The molecule has 38 heavy (non-hydrogen) atoms. The minimum atomic E-state index is -0.474. The van der Waals surface area contributed by atoms with Gasteiger partial charge in [-0.25, -0.2) is 9.69 Å². The Morgan fingerprint density at radius 3 is 2.18 bits per heavy atom. The van der Waals surface area contributed by atoms with Crippen LogP contribution in [0.5, 0.6) is 0 Å². The molecule has 8 rings (SSSR count). The van der Waals surface area contributed by atoms with Crippen molar-refractivity contribution >= 4 is 35.3 Å². The van der Waals surface area contributed by atoms with Crippen LogP contribution in [0.1, 0.15) is 61.0 Å². The third-order valence-corrected chi connectivity index (χ3v) is 9.73. The second-order valence-corrected chi connectivity index (χ2v) is 12.5. The summed E-state index contributed by atoms with van der Waals surface area (Å²) in [5, 5.41) is 3.20. The summed E-state index contributed by atoms with van der Waals surface area (Å²) >= 11 is 6.08. The first-order valence-corrected chi connectivity index (χ1v) is 14.1. The standard InChI is InChI=1S/C32H32ClN3O2/c1-19-10-24(14-29-30(37)36(31(38)34-29)28-5-3-4-26(33)15-28)20(2)35(19)27-8-6-25(7-9-27)32-16-21-11-22(17-32)13-23(12-21)18-32/h3-10,14-15,21-23H,11-13,16-18H2,1-2H3,(H,34,38)/b29-14+. The van der Waals surface area contributed by atoms with E-state index in [-0.39, 0.29) is 11.6 Å². The van der Waals surface area contributed by atoms with Crippen molar-refractivity contribution in [3.63, 3.8) is 0 Å². The molecule has 1 aliphatic heterocycles. The number of hydrogen-bond acceptors (Lipinski definition) is 2. The molecule has 3 aromatic rings. The number of benzene rings is 2. The summed E-state index contributed by atoms with van der Waals surface area (Å²) in [4.78, 5) is 26.9. The first-order chi connectivity index (χ1) is 18.3. The molecule has 0 unspecified atom stereocenters. The van der Waals surface area contributed by atoms with E-state index in [4.69, 9.17) is 11.6 Å². The molecule has 5 nitrogen and oxygen atoms in total. The summed E-state index contributed by atoms with van der Waals surface area (Å²) in [6.45, 7) is 4.14. The van der Waals surface area contributed by atoms with Crippen LogP contribution in [0.4, 0.5) is 10.5 Å². The lowest BCUT2D eigenvalue weighted by molar-refractivity contribution is -0.113. The predicted molar refractivity (Wildman–Crippen MR) is 151 cm³/mol. The van der Waals surface area contributed by atoms with Gasteiger partial charge >= 0.3 is 6.03 Å². The lowest BCUT2D eigenvalue weighted by atomic mass is 9.48. The molecular weight excluding hydrogens is 494 g/mol. The molecule has 4 aliphatic carbocycles. The van der Waals surface area contributed by atoms with Crippen LogP contribution in [0.2, 0.25) is 5.02 Å². The molecule has 4 bridgehead atoms. The molecule has 5 fully saturated rings. The van der Waals surface area contributed by atoms with E-state index in [0.717, 1.165) is 45.3 Å². The highest BCUT2D eigenvalue weighted by atomic mass is 35.5. The van der Waals surface area contributed by atoms with Gasteiger partial charge in [-0.15, -0.1) is 0 Å². The van der Waals surface area contributed by atoms with Crippen molar-refractivity contribution < 1.29 is 9.59 Å². The van der Waals surface area contributed by atoms with E-state index in [9.17, 15) is 9.59 Å². The Morgan fingerprint density at radius 2 is 1.55 bits per heavy atom. The largest absolute Gasteiger partial charge is 0.333 e. The molecule has 1 saturated heterocycles. The molecule has 6 heteroatoms. The first-order valence-electron chi connectivity index (χ1n) is 13.7. The van der Waals surface area contributed by atoms with Gasteiger partial charge in [-0.2, -0.15) is 0 Å². The van der Waals surface area contributed by atoms with Crippen molar-refractivity contribution in [2.24, 2.45) is 17.8 Å². The molecular formula is C32H32ClN3O2. The van der Waals surface area contributed by atoms with Gasteiger partial charge < -0.3 is 9.88 Å². The molecule has 5 aliphatic rings. The molecule has 0 atom stereocenters. The van der Waals surface area contributed by atoms with Crippen molar-refractivity contribution in [2.75, 3.05) is 4.90 Å². The van der Waals surface area contributed by atoms with E-state index in [1.165, 1.54) is 44.1 Å². The third kappa shape index (κ3) is 3.74. The van der Waals surface area contributed by atoms with Gasteiger partial charge in [0.1, 0.15) is 5.70 Å². The molecule has 3 amide bonds. The van der Waals surface area contributed by atoms with Gasteiger partial charge in [0, 0.05) is 22.1 Å². The van der Waals surface area contributed by atoms with E-state index < -0.39 is 6.03 Å². The number of nitrogens with zero attached hydrogens (tertiary/aromatic N) is 2. The molecule has 4 saturated carbocycles. The number of aromatic nitrogens is 1. The smallest absolute Gasteiger partial charge is 0.318 e. The number of hydrogen-bond donors (Lipinski definition) is 1. The quantitative estimate of drug-likeness (QED) is 0.287. The predicted octanol–water partition coefficient (Wildman–Crippen LogP) is 7.31. The molecule has 1 N–H and O–H groups in total. The molecule has 194 valence electrons. The first kappa shape index (κ1) is 23.8. The SMILES string of the molecule is Cc1cc(/C=C2/NC(=O)N(c3cccc(Cl)c3)C2=O)c(C)n1-c1ccc(C23CC4CC(CC(C4)C2)C3)cc1. The van der Waals surface area contributed by atoms with Gasteiger partial charge in [0.15, 0.2) is 0 Å². The van der Waals surface area contributed by atoms with E-state index in [0.29, 0.717) is 16.1 Å². The Labute approximate surface area is 228 Å². The highest BCUT2D eigenvalue weighted by Gasteiger charge is 2.51. The van der Waals surface area contributed by atoms with E-state index >= 15 is 0 Å². The Kier molecular flexibility index (Phi) is 5.38. The zero-order valence-electron chi connectivity index (χ0n) is 21.8. The van der Waals surface area contributed by atoms with Crippen LogP contribution < -0.4 is 10.2 Å². The minimum Gasteiger partial charge on any atom is -0.318 e. The second-order valence-electron chi connectivity index (χ2n) is 12.0. The van der Waals surface area contributed by atoms with Crippen LogP contribution in [0.3, 0.4) is 0 Å². The van der Waals surface area contributed by atoms with Gasteiger partial charge in [-0.1, -0.05) is 29.8 Å². The number of aryl methyl sites for hydroxylation is 1. The van der Waals surface area contributed by atoms with Crippen LogP contribution in [-0.4, -0.2) is 16.5 Å². The van der Waals surface area contributed by atoms with Crippen molar-refractivity contribution in [1.82, 2.24) is 9.88 Å². The minimum absolute atomic E-state index is 0.257. The van der Waals surface area contributed by atoms with E-state index in [1.807, 2.05) is 0 Å². The Hall–Kier alpha value is -3.31. The fraction of sp³-hybridized carbons (Fsp3) is 0.375. The average Bonchev–Trinajstić information content (AvgIpc) is 3.31. The van der Waals surface area contributed by atoms with E-state index in [2.05, 4.69) is 54.1 Å². The van der Waals surface area contributed by atoms with Crippen LogP contribution in [0.25, 0.3) is 11.8 Å². The van der Waals surface area contributed by atoms with Gasteiger partial charge in [-0.3, -0.25) is 4.79 Å². The number of carbonyl (C=O) groups excluding carboxylic acids is 2. The highest BCUT2D eigenvalue weighted by molar-refractivity contribution is 6.32. The number of halogens is 1. The lowest BCUT2D eigenvalue weighted by Crippen LogP contribution is -2.48. The Morgan fingerprint density at radius 1 is 0.895 bits per heavy atom. The number of carbonyl (C=O) groups is 2. The van der Waals surface area contributed by atoms with Gasteiger partial charge in [0.2, 0.25) is 0 Å². The van der Waals surface area contributed by atoms with Gasteiger partial charge in [0.25, 0.3) is 5.91 Å². The molecule has 0 spiro atoms. The summed E-state index contributed by atoms with van der Waals surface area (Å²) in [5.41, 5.74) is 6.76. The number of urea groups is 1. The summed E-state index contributed by atoms with van der Waals surface area (Å²) in [7, 11) is 0. The zero-order chi connectivity index (χ0) is 26.2. The number of rotatable bonds is 4. The number of amides is 3. The van der Waals surface area contributed by atoms with Crippen LogP contribution in [0.15, 0.2) is 60.3 Å². The van der Waals surface area contributed by atoms with Crippen LogP contribution in [0, 0.1) is 31.6 Å². The topological polar surface area (TPSA) is 54.3 Å². The molecule has 1 aromatic heterocycles. The average molecular weight is 526 g/mol. The normalized spacial score (nSPS) is 29.0. The number of imide groups is 1.